The average molecular weight is 494 g/mol. The van der Waals surface area contributed by atoms with Gasteiger partial charge in [-0.25, -0.2) is 8.42 Å². The number of sulfonamides is 1. The largest absolute Gasteiger partial charge is 0.495 e. The topological polar surface area (TPSA) is 127 Å². The number of methoxy groups -OCH3 is 1. The zero-order valence-electron chi connectivity index (χ0n) is 18.8. The Kier molecular flexibility index (Phi) is 7.02. The van der Waals surface area contributed by atoms with E-state index in [0.29, 0.717) is 28.3 Å². The molecule has 0 aliphatic heterocycles. The summed E-state index contributed by atoms with van der Waals surface area (Å²) in [7, 11) is -2.46. The minimum absolute atomic E-state index is 0.0105. The second-order valence-corrected chi connectivity index (χ2v) is 9.22. The van der Waals surface area contributed by atoms with E-state index in [9.17, 15) is 18.0 Å². The number of aromatic nitrogens is 1. The van der Waals surface area contributed by atoms with Gasteiger partial charge in [-0.1, -0.05) is 18.2 Å². The minimum Gasteiger partial charge on any atom is -0.495 e. The van der Waals surface area contributed by atoms with Gasteiger partial charge >= 0.3 is 0 Å². The van der Waals surface area contributed by atoms with Gasteiger partial charge < -0.3 is 19.8 Å². The molecular weight excluding hydrogens is 470 g/mol. The van der Waals surface area contributed by atoms with Crippen LogP contribution in [0.5, 0.6) is 11.5 Å². The lowest BCUT2D eigenvalue weighted by Gasteiger charge is -2.13. The second-order valence-electron chi connectivity index (χ2n) is 7.54. The fraction of sp³-hybridized carbons (Fsp3) is 0.120. The van der Waals surface area contributed by atoms with Gasteiger partial charge in [0, 0.05) is 17.3 Å². The fourth-order valence-electron chi connectivity index (χ4n) is 3.42. The summed E-state index contributed by atoms with van der Waals surface area (Å²) in [5.74, 6) is 0.583. The van der Waals surface area contributed by atoms with E-state index in [-0.39, 0.29) is 29.4 Å². The number of benzene rings is 3. The normalized spacial score (nSPS) is 11.1. The fourth-order valence-corrected chi connectivity index (χ4v) is 4.53. The third kappa shape index (κ3) is 5.79. The van der Waals surface area contributed by atoms with Crippen molar-refractivity contribution in [3.63, 3.8) is 0 Å². The van der Waals surface area contributed by atoms with E-state index in [4.69, 9.17) is 9.47 Å². The summed E-state index contributed by atoms with van der Waals surface area (Å²) in [5, 5.41) is 3.96. The Balaban J connectivity index is 1.36. The third-order valence-corrected chi connectivity index (χ3v) is 6.49. The number of para-hydroxylation sites is 2. The van der Waals surface area contributed by atoms with Crippen LogP contribution in [-0.4, -0.2) is 33.0 Å². The van der Waals surface area contributed by atoms with Crippen molar-refractivity contribution in [2.75, 3.05) is 23.8 Å². The number of fused-ring (bicyclic) bond motifs is 1. The van der Waals surface area contributed by atoms with Gasteiger partial charge in [0.25, 0.3) is 15.6 Å². The maximum atomic E-state index is 12.8. The van der Waals surface area contributed by atoms with E-state index < -0.39 is 10.0 Å². The number of nitrogens with one attached hydrogen (secondary N) is 3. The SMILES string of the molecule is COc1ccccc1NS(=O)(=O)c1cccc(NC(=O)CCOc2ccc3c(=O)[nH]ccc3c2)c1. The molecule has 1 amide bonds. The van der Waals surface area contributed by atoms with Crippen LogP contribution >= 0.6 is 0 Å². The highest BCUT2D eigenvalue weighted by atomic mass is 32.2. The number of aromatic amines is 1. The lowest BCUT2D eigenvalue weighted by atomic mass is 10.2. The number of H-pyrrole nitrogens is 1. The molecule has 4 rings (SSSR count). The monoisotopic (exact) mass is 493 g/mol. The van der Waals surface area contributed by atoms with Crippen molar-refractivity contribution in [1.82, 2.24) is 4.98 Å². The van der Waals surface area contributed by atoms with Crippen molar-refractivity contribution in [1.29, 1.82) is 0 Å². The van der Waals surface area contributed by atoms with Gasteiger partial charge in [-0.2, -0.15) is 0 Å². The Morgan fingerprint density at radius 2 is 1.83 bits per heavy atom. The van der Waals surface area contributed by atoms with Crippen LogP contribution in [0.2, 0.25) is 0 Å². The lowest BCUT2D eigenvalue weighted by Crippen LogP contribution is -2.17. The molecule has 1 heterocycles. The molecule has 4 aromatic rings. The van der Waals surface area contributed by atoms with Gasteiger partial charge in [0.1, 0.15) is 11.5 Å². The van der Waals surface area contributed by atoms with Gasteiger partial charge in [0.2, 0.25) is 5.91 Å². The Morgan fingerprint density at radius 3 is 2.66 bits per heavy atom. The molecule has 3 aromatic carbocycles. The van der Waals surface area contributed by atoms with Crippen molar-refractivity contribution in [3.8, 4) is 11.5 Å². The molecule has 0 aliphatic rings. The van der Waals surface area contributed by atoms with Gasteiger partial charge in [0.05, 0.1) is 30.7 Å². The van der Waals surface area contributed by atoms with Crippen LogP contribution in [0.15, 0.2) is 88.7 Å². The molecule has 0 unspecified atom stereocenters. The molecule has 180 valence electrons. The van der Waals surface area contributed by atoms with Crippen molar-refractivity contribution in [2.45, 2.75) is 11.3 Å². The smallest absolute Gasteiger partial charge is 0.262 e. The van der Waals surface area contributed by atoms with Crippen LogP contribution in [0.3, 0.4) is 0 Å². The highest BCUT2D eigenvalue weighted by Gasteiger charge is 2.17. The number of rotatable bonds is 9. The summed E-state index contributed by atoms with van der Waals surface area (Å²) in [4.78, 5) is 26.8. The van der Waals surface area contributed by atoms with Crippen LogP contribution in [0.4, 0.5) is 11.4 Å². The molecule has 0 spiro atoms. The molecule has 0 saturated heterocycles. The first-order chi connectivity index (χ1) is 16.9. The van der Waals surface area contributed by atoms with E-state index in [1.807, 2.05) is 0 Å². The summed E-state index contributed by atoms with van der Waals surface area (Å²) < 4.78 is 39.0. The van der Waals surface area contributed by atoms with E-state index in [1.165, 1.54) is 19.2 Å². The predicted molar refractivity (Wildman–Crippen MR) is 134 cm³/mol. The Morgan fingerprint density at radius 1 is 1.00 bits per heavy atom. The predicted octanol–water partition coefficient (Wildman–Crippen LogP) is 3.75. The molecule has 10 heteroatoms. The Labute approximate surface area is 201 Å². The van der Waals surface area contributed by atoms with E-state index in [0.717, 1.165) is 5.39 Å². The van der Waals surface area contributed by atoms with Gasteiger partial charge in [-0.15, -0.1) is 0 Å². The van der Waals surface area contributed by atoms with Gasteiger partial charge in [-0.3, -0.25) is 14.3 Å². The number of carbonyl (C=O) groups is 1. The average Bonchev–Trinajstić information content (AvgIpc) is 2.84. The van der Waals surface area contributed by atoms with E-state index in [2.05, 4.69) is 15.0 Å². The Bertz CT molecular complexity index is 1530. The van der Waals surface area contributed by atoms with Crippen molar-refractivity contribution in [3.05, 3.63) is 89.3 Å². The highest BCUT2D eigenvalue weighted by molar-refractivity contribution is 7.92. The third-order valence-electron chi connectivity index (χ3n) is 5.12. The first kappa shape index (κ1) is 23.8. The van der Waals surface area contributed by atoms with Gasteiger partial charge in [-0.05, 0) is 60.0 Å². The molecule has 0 fully saturated rings. The zero-order chi connectivity index (χ0) is 24.8. The van der Waals surface area contributed by atoms with Crippen LogP contribution in [0.1, 0.15) is 6.42 Å². The first-order valence-electron chi connectivity index (χ1n) is 10.7. The number of amides is 1. The molecule has 1 aromatic heterocycles. The maximum absolute atomic E-state index is 12.8. The summed E-state index contributed by atoms with van der Waals surface area (Å²) >= 11 is 0. The summed E-state index contributed by atoms with van der Waals surface area (Å²) in [6, 6.07) is 19.4. The minimum atomic E-state index is -3.91. The molecule has 9 nitrogen and oxygen atoms in total. The standard InChI is InChI=1S/C25H23N3O6S/c1-33-23-8-3-2-7-22(23)28-35(31,32)20-6-4-5-18(16-20)27-24(29)12-14-34-19-9-10-21-17(15-19)11-13-26-25(21)30/h2-11,13,15-16,28H,12,14H2,1H3,(H,26,30)(H,27,29). The summed E-state index contributed by atoms with van der Waals surface area (Å²) in [5.41, 5.74) is 0.457. The molecular formula is C25H23N3O6S. The van der Waals surface area contributed by atoms with Crippen LogP contribution in [0, 0.1) is 0 Å². The molecule has 3 N–H and O–H groups in total. The molecule has 0 bridgehead atoms. The van der Waals surface area contributed by atoms with Crippen LogP contribution in [-0.2, 0) is 14.8 Å². The van der Waals surface area contributed by atoms with Crippen LogP contribution in [0.25, 0.3) is 10.8 Å². The number of ether oxygens (including phenoxy) is 2. The second kappa shape index (κ2) is 10.3. The first-order valence-corrected chi connectivity index (χ1v) is 12.1. The maximum Gasteiger partial charge on any atom is 0.262 e. The van der Waals surface area contributed by atoms with Crippen LogP contribution < -0.4 is 25.1 Å². The molecule has 35 heavy (non-hydrogen) atoms. The molecule has 0 radical (unpaired) electrons. The zero-order valence-corrected chi connectivity index (χ0v) is 19.6. The summed E-state index contributed by atoms with van der Waals surface area (Å²) in [6.07, 6.45) is 1.60. The van der Waals surface area contributed by atoms with E-state index in [1.54, 1.807) is 66.9 Å². The van der Waals surface area contributed by atoms with Crippen molar-refractivity contribution in [2.24, 2.45) is 0 Å². The molecule has 0 saturated carbocycles. The van der Waals surface area contributed by atoms with Gasteiger partial charge in [0.15, 0.2) is 0 Å². The van der Waals surface area contributed by atoms with Crippen molar-refractivity contribution < 1.29 is 22.7 Å². The quantitative estimate of drug-likeness (QED) is 0.326. The Hall–Kier alpha value is -4.31. The molecule has 0 atom stereocenters. The highest BCUT2D eigenvalue weighted by Crippen LogP contribution is 2.27. The number of pyridine rings is 1. The summed E-state index contributed by atoms with van der Waals surface area (Å²) in [6.45, 7) is 0.105. The lowest BCUT2D eigenvalue weighted by molar-refractivity contribution is -0.116. The number of anilines is 2. The van der Waals surface area contributed by atoms with E-state index >= 15 is 0 Å². The number of hydrogen-bond acceptors (Lipinski definition) is 6. The number of hydrogen-bond donors (Lipinski definition) is 3. The molecule has 0 aliphatic carbocycles. The van der Waals surface area contributed by atoms with Crippen molar-refractivity contribution >= 4 is 38.1 Å². The number of carbonyl (C=O) groups excluding carboxylic acids is 1.